The van der Waals surface area contributed by atoms with E-state index < -0.39 is 0 Å². The number of rotatable bonds is 3. The SMILES string of the molecule is CC1CCC(NC(=O)[C@@H]2CC=CC[C@@H]2c2nc3ccccc3c(=O)[nH]2)CC1. The molecule has 2 N–H and O–H groups in total. The number of carbonyl (C=O) groups is 1. The van der Waals surface area contributed by atoms with Gasteiger partial charge in [0.1, 0.15) is 5.82 Å². The number of hydrogen-bond donors (Lipinski definition) is 2. The summed E-state index contributed by atoms with van der Waals surface area (Å²) in [5, 5.41) is 3.86. The standard InChI is InChI=1S/C22H27N3O2/c1-14-10-12-15(13-11-14)23-21(26)17-7-3-2-6-16(17)20-24-19-9-5-4-8-18(19)22(27)25-20/h2-5,8-9,14-17H,6-7,10-13H2,1H3,(H,23,26)(H,24,25,27)/t14?,15?,16-,17+/m0/s1. The molecule has 1 aromatic carbocycles. The minimum Gasteiger partial charge on any atom is -0.353 e. The largest absolute Gasteiger partial charge is 0.353 e. The van der Waals surface area contributed by atoms with E-state index in [4.69, 9.17) is 0 Å². The predicted molar refractivity (Wildman–Crippen MR) is 107 cm³/mol. The molecule has 1 fully saturated rings. The Bertz CT molecular complexity index is 909. The number of H-pyrrole nitrogens is 1. The number of aromatic amines is 1. The Morgan fingerprint density at radius 2 is 1.85 bits per heavy atom. The van der Waals surface area contributed by atoms with Crippen molar-refractivity contribution in [1.82, 2.24) is 15.3 Å². The van der Waals surface area contributed by atoms with E-state index >= 15 is 0 Å². The summed E-state index contributed by atoms with van der Waals surface area (Å²) in [5.41, 5.74) is 0.553. The number of allylic oxidation sites excluding steroid dienone is 2. The van der Waals surface area contributed by atoms with E-state index in [-0.39, 0.29) is 29.3 Å². The first kappa shape index (κ1) is 18.0. The lowest BCUT2D eigenvalue weighted by Crippen LogP contribution is -2.43. The summed E-state index contributed by atoms with van der Waals surface area (Å²) in [7, 11) is 0. The Balaban J connectivity index is 1.57. The number of fused-ring (bicyclic) bond motifs is 1. The van der Waals surface area contributed by atoms with Gasteiger partial charge in [0.15, 0.2) is 0 Å². The molecule has 2 aliphatic rings. The van der Waals surface area contributed by atoms with Crippen LogP contribution in [-0.4, -0.2) is 21.9 Å². The first-order valence-corrected chi connectivity index (χ1v) is 10.1. The number of amides is 1. The Hall–Kier alpha value is -2.43. The van der Waals surface area contributed by atoms with Crippen molar-refractivity contribution >= 4 is 16.8 Å². The minimum atomic E-state index is -0.182. The Labute approximate surface area is 159 Å². The fraction of sp³-hybridized carbons (Fsp3) is 0.500. The van der Waals surface area contributed by atoms with Crippen molar-refractivity contribution < 1.29 is 4.79 Å². The summed E-state index contributed by atoms with van der Waals surface area (Å²) in [6.07, 6.45) is 10.1. The Morgan fingerprint density at radius 3 is 2.67 bits per heavy atom. The van der Waals surface area contributed by atoms with Gasteiger partial charge in [-0.05, 0) is 56.6 Å². The molecular weight excluding hydrogens is 338 g/mol. The first-order valence-electron chi connectivity index (χ1n) is 10.1. The van der Waals surface area contributed by atoms with Gasteiger partial charge in [-0.1, -0.05) is 31.2 Å². The van der Waals surface area contributed by atoms with E-state index in [0.717, 1.165) is 25.2 Å². The molecule has 0 unspecified atom stereocenters. The number of benzene rings is 1. The van der Waals surface area contributed by atoms with Crippen molar-refractivity contribution in [3.8, 4) is 0 Å². The molecule has 142 valence electrons. The second-order valence-corrected chi connectivity index (χ2v) is 8.09. The molecule has 4 rings (SSSR count). The van der Waals surface area contributed by atoms with Crippen molar-refractivity contribution in [2.75, 3.05) is 0 Å². The van der Waals surface area contributed by atoms with Crippen LogP contribution in [-0.2, 0) is 4.79 Å². The molecule has 2 aromatic rings. The van der Waals surface area contributed by atoms with Gasteiger partial charge in [-0.3, -0.25) is 9.59 Å². The summed E-state index contributed by atoms with van der Waals surface area (Å²) in [6.45, 7) is 2.28. The average Bonchev–Trinajstić information content (AvgIpc) is 2.70. The molecule has 2 atom stereocenters. The maximum absolute atomic E-state index is 13.0. The molecule has 1 amide bonds. The number of carbonyl (C=O) groups excluding carboxylic acids is 1. The zero-order chi connectivity index (χ0) is 18.8. The van der Waals surface area contributed by atoms with E-state index in [9.17, 15) is 9.59 Å². The van der Waals surface area contributed by atoms with Crippen molar-refractivity contribution in [3.05, 3.63) is 52.6 Å². The Kier molecular flexibility index (Phi) is 5.10. The topological polar surface area (TPSA) is 74.8 Å². The van der Waals surface area contributed by atoms with Crippen LogP contribution in [0.15, 0.2) is 41.2 Å². The van der Waals surface area contributed by atoms with Crippen molar-refractivity contribution in [3.63, 3.8) is 0 Å². The number of nitrogens with one attached hydrogen (secondary N) is 2. The zero-order valence-corrected chi connectivity index (χ0v) is 15.8. The quantitative estimate of drug-likeness (QED) is 0.815. The molecule has 0 radical (unpaired) electrons. The van der Waals surface area contributed by atoms with Crippen LogP contribution < -0.4 is 10.9 Å². The highest BCUT2D eigenvalue weighted by atomic mass is 16.2. The monoisotopic (exact) mass is 365 g/mol. The first-order chi connectivity index (χ1) is 13.1. The van der Waals surface area contributed by atoms with Crippen LogP contribution >= 0.6 is 0 Å². The number of nitrogens with zero attached hydrogens (tertiary/aromatic N) is 1. The van der Waals surface area contributed by atoms with Crippen LogP contribution in [0.3, 0.4) is 0 Å². The van der Waals surface area contributed by atoms with Crippen molar-refractivity contribution in [2.45, 2.75) is 57.4 Å². The molecular formula is C22H27N3O2. The van der Waals surface area contributed by atoms with E-state index in [2.05, 4.69) is 34.4 Å². The van der Waals surface area contributed by atoms with Crippen LogP contribution in [0.25, 0.3) is 10.9 Å². The summed E-state index contributed by atoms with van der Waals surface area (Å²) in [6, 6.07) is 7.63. The fourth-order valence-electron chi connectivity index (χ4n) is 4.40. The van der Waals surface area contributed by atoms with E-state index in [1.807, 2.05) is 18.2 Å². The molecule has 1 aromatic heterocycles. The maximum atomic E-state index is 13.0. The third-order valence-electron chi connectivity index (χ3n) is 6.11. The van der Waals surface area contributed by atoms with Gasteiger partial charge in [0.2, 0.25) is 5.91 Å². The predicted octanol–water partition coefficient (Wildman–Crippen LogP) is 3.67. The molecule has 1 saturated carbocycles. The van der Waals surface area contributed by atoms with Crippen LogP contribution in [0.2, 0.25) is 0 Å². The second kappa shape index (κ2) is 7.67. The van der Waals surface area contributed by atoms with Crippen LogP contribution in [0.1, 0.15) is 57.2 Å². The summed E-state index contributed by atoms with van der Waals surface area (Å²) in [5.74, 6) is 1.21. The molecule has 0 saturated heterocycles. The van der Waals surface area contributed by atoms with Gasteiger partial charge in [-0.2, -0.15) is 0 Å². The number of aromatic nitrogens is 2. The van der Waals surface area contributed by atoms with Gasteiger partial charge >= 0.3 is 0 Å². The lowest BCUT2D eigenvalue weighted by Gasteiger charge is -2.31. The number of hydrogen-bond acceptors (Lipinski definition) is 3. The summed E-state index contributed by atoms with van der Waals surface area (Å²) < 4.78 is 0. The summed E-state index contributed by atoms with van der Waals surface area (Å²) in [4.78, 5) is 33.1. The van der Waals surface area contributed by atoms with Gasteiger partial charge in [0.05, 0.1) is 16.8 Å². The molecule has 0 bridgehead atoms. The van der Waals surface area contributed by atoms with E-state index in [1.54, 1.807) is 6.07 Å². The molecule has 0 spiro atoms. The highest BCUT2D eigenvalue weighted by Gasteiger charge is 2.33. The molecule has 2 aliphatic carbocycles. The minimum absolute atomic E-state index is 0.0881. The van der Waals surface area contributed by atoms with Crippen LogP contribution in [0.5, 0.6) is 0 Å². The number of para-hydroxylation sites is 1. The molecule has 1 heterocycles. The van der Waals surface area contributed by atoms with Crippen LogP contribution in [0.4, 0.5) is 0 Å². The zero-order valence-electron chi connectivity index (χ0n) is 15.8. The van der Waals surface area contributed by atoms with Crippen LogP contribution in [0, 0.1) is 11.8 Å². The van der Waals surface area contributed by atoms with Crippen molar-refractivity contribution in [1.29, 1.82) is 0 Å². The van der Waals surface area contributed by atoms with E-state index in [1.165, 1.54) is 12.8 Å². The van der Waals surface area contributed by atoms with E-state index in [0.29, 0.717) is 23.1 Å². The second-order valence-electron chi connectivity index (χ2n) is 8.09. The van der Waals surface area contributed by atoms with Gasteiger partial charge in [-0.25, -0.2) is 4.98 Å². The lowest BCUT2D eigenvalue weighted by molar-refractivity contribution is -0.126. The Morgan fingerprint density at radius 1 is 1.11 bits per heavy atom. The fourth-order valence-corrected chi connectivity index (χ4v) is 4.40. The maximum Gasteiger partial charge on any atom is 0.258 e. The van der Waals surface area contributed by atoms with Gasteiger partial charge in [0.25, 0.3) is 5.56 Å². The van der Waals surface area contributed by atoms with Gasteiger partial charge < -0.3 is 10.3 Å². The van der Waals surface area contributed by atoms with Crippen molar-refractivity contribution in [2.24, 2.45) is 11.8 Å². The summed E-state index contributed by atoms with van der Waals surface area (Å²) >= 11 is 0. The van der Waals surface area contributed by atoms with Gasteiger partial charge in [-0.15, -0.1) is 0 Å². The molecule has 27 heavy (non-hydrogen) atoms. The normalized spacial score (nSPS) is 28.2. The lowest BCUT2D eigenvalue weighted by atomic mass is 9.81. The highest BCUT2D eigenvalue weighted by molar-refractivity contribution is 5.81. The molecule has 5 nitrogen and oxygen atoms in total. The third-order valence-corrected chi connectivity index (χ3v) is 6.11. The third kappa shape index (κ3) is 3.82. The average molecular weight is 365 g/mol. The molecule has 0 aliphatic heterocycles. The highest BCUT2D eigenvalue weighted by Crippen LogP contribution is 2.33. The van der Waals surface area contributed by atoms with Gasteiger partial charge in [0, 0.05) is 12.0 Å². The smallest absolute Gasteiger partial charge is 0.258 e. The molecule has 5 heteroatoms.